The van der Waals surface area contributed by atoms with Gasteiger partial charge < -0.3 is 16.2 Å². The Balaban J connectivity index is 1.44. The van der Waals surface area contributed by atoms with E-state index in [9.17, 15) is 4.79 Å². The van der Waals surface area contributed by atoms with E-state index in [0.717, 1.165) is 43.5 Å². The molecule has 3 fully saturated rings. The van der Waals surface area contributed by atoms with E-state index in [1.807, 2.05) is 0 Å². The van der Waals surface area contributed by atoms with Crippen LogP contribution in [-0.4, -0.2) is 23.0 Å². The second-order valence-electron chi connectivity index (χ2n) is 6.64. The van der Waals surface area contributed by atoms with Crippen LogP contribution in [0.25, 0.3) is 0 Å². The van der Waals surface area contributed by atoms with Crippen molar-refractivity contribution < 1.29 is 9.53 Å². The number of hydrogen-bond acceptors (Lipinski definition) is 5. The predicted molar refractivity (Wildman–Crippen MR) is 75.9 cm³/mol. The summed E-state index contributed by atoms with van der Waals surface area (Å²) in [5.41, 5.74) is 11.7. The fraction of sp³-hybridized carbons (Fsp3) is 0.714. The van der Waals surface area contributed by atoms with Crippen LogP contribution in [-0.2, 0) is 0 Å². The van der Waals surface area contributed by atoms with Gasteiger partial charge in [-0.25, -0.2) is 4.98 Å². The number of rotatable bonds is 4. The number of ether oxygens (including phenoxy) is 1. The van der Waals surface area contributed by atoms with Gasteiger partial charge in [-0.15, -0.1) is 11.3 Å². The highest BCUT2D eigenvalue weighted by Crippen LogP contribution is 2.56. The van der Waals surface area contributed by atoms with Gasteiger partial charge in [0.05, 0.1) is 0 Å². The van der Waals surface area contributed by atoms with E-state index in [4.69, 9.17) is 16.2 Å². The van der Waals surface area contributed by atoms with Crippen LogP contribution in [0.5, 0.6) is 5.88 Å². The van der Waals surface area contributed by atoms with Gasteiger partial charge in [-0.3, -0.25) is 4.79 Å². The third kappa shape index (κ3) is 2.02. The molecule has 1 heterocycles. The predicted octanol–water partition coefficient (Wildman–Crippen LogP) is 1.77. The maximum atomic E-state index is 11.5. The van der Waals surface area contributed by atoms with E-state index in [1.165, 1.54) is 11.3 Å². The van der Waals surface area contributed by atoms with Crippen LogP contribution >= 0.6 is 11.3 Å². The van der Waals surface area contributed by atoms with Gasteiger partial charge in [-0.05, 0) is 43.9 Å². The minimum atomic E-state index is -0.427. The zero-order valence-electron chi connectivity index (χ0n) is 11.3. The van der Waals surface area contributed by atoms with Crippen molar-refractivity contribution in [1.29, 1.82) is 0 Å². The topological polar surface area (TPSA) is 91.2 Å². The lowest BCUT2D eigenvalue weighted by Crippen LogP contribution is -2.56. The minimum absolute atomic E-state index is 0.176. The smallest absolute Gasteiger partial charge is 0.264 e. The van der Waals surface area contributed by atoms with Crippen molar-refractivity contribution in [1.82, 2.24) is 4.98 Å². The van der Waals surface area contributed by atoms with Crippen molar-refractivity contribution in [3.05, 3.63) is 9.88 Å². The molecule has 5 nitrogen and oxygen atoms in total. The molecule has 3 saturated carbocycles. The Hall–Kier alpha value is -1.14. The molecule has 4 N–H and O–H groups in total. The van der Waals surface area contributed by atoms with Crippen molar-refractivity contribution in [3.63, 3.8) is 0 Å². The summed E-state index contributed by atoms with van der Waals surface area (Å²) in [6, 6.07) is 0.373. The van der Waals surface area contributed by atoms with Gasteiger partial charge >= 0.3 is 0 Å². The number of hydrogen-bond donors (Lipinski definition) is 2. The number of thiazole rings is 1. The maximum Gasteiger partial charge on any atom is 0.264 e. The lowest BCUT2D eigenvalue weighted by Gasteiger charge is -2.56. The zero-order valence-corrected chi connectivity index (χ0v) is 12.1. The van der Waals surface area contributed by atoms with Gasteiger partial charge in [0.15, 0.2) is 4.88 Å². The summed E-state index contributed by atoms with van der Waals surface area (Å²) in [4.78, 5) is 16.5. The third-order valence-corrected chi connectivity index (χ3v) is 5.97. The molecule has 6 heteroatoms. The number of primary amides is 1. The first-order valence-electron chi connectivity index (χ1n) is 7.27. The summed E-state index contributed by atoms with van der Waals surface area (Å²) in [5.74, 6) is 0.560. The molecule has 0 atom stereocenters. The molecule has 1 aromatic heterocycles. The zero-order chi connectivity index (χ0) is 13.9. The molecule has 0 bridgehead atoms. The first-order valence-corrected chi connectivity index (χ1v) is 8.09. The van der Waals surface area contributed by atoms with Gasteiger partial charge in [-0.1, -0.05) is 0 Å². The highest BCUT2D eigenvalue weighted by atomic mass is 32.1. The quantitative estimate of drug-likeness (QED) is 0.885. The Morgan fingerprint density at radius 2 is 2.00 bits per heavy atom. The van der Waals surface area contributed by atoms with Crippen LogP contribution in [0.2, 0.25) is 0 Å². The van der Waals surface area contributed by atoms with Gasteiger partial charge in [0.2, 0.25) is 5.88 Å². The van der Waals surface area contributed by atoms with Crippen LogP contribution in [0.3, 0.4) is 0 Å². The monoisotopic (exact) mass is 293 g/mol. The number of amides is 1. The molecular weight excluding hydrogens is 274 g/mol. The molecule has 108 valence electrons. The average molecular weight is 293 g/mol. The molecule has 3 aliphatic carbocycles. The summed E-state index contributed by atoms with van der Waals surface area (Å²) in [6.45, 7) is 0. The Morgan fingerprint density at radius 3 is 2.55 bits per heavy atom. The lowest BCUT2D eigenvalue weighted by atomic mass is 9.53. The second-order valence-corrected chi connectivity index (χ2v) is 7.67. The fourth-order valence-corrected chi connectivity index (χ4v) is 4.62. The van der Waals surface area contributed by atoms with E-state index in [0.29, 0.717) is 28.1 Å². The molecular formula is C14H19N3O2S. The van der Waals surface area contributed by atoms with E-state index < -0.39 is 5.91 Å². The highest BCUT2D eigenvalue weighted by molar-refractivity contribution is 7.14. The van der Waals surface area contributed by atoms with E-state index in [2.05, 4.69) is 4.98 Å². The standard InChI is InChI=1S/C14H19N3O2S/c15-8-3-14(4-8)5-9(6-14)19-12-10(11(16)18)20-13(17-12)7-1-2-7/h7-9H,1-6,15H2,(H2,16,18)/t8-,9-,14?. The van der Waals surface area contributed by atoms with Crippen molar-refractivity contribution in [3.8, 4) is 5.88 Å². The maximum absolute atomic E-state index is 11.5. The van der Waals surface area contributed by atoms with Crippen molar-refractivity contribution in [2.45, 2.75) is 56.6 Å². The SMILES string of the molecule is NC(=O)c1sc(C2CC2)nc1O[C@H]1CC2(C[C@@H](N)C2)C1. The molecule has 0 saturated heterocycles. The summed E-state index contributed by atoms with van der Waals surface area (Å²) >= 11 is 1.40. The Kier molecular flexibility index (Phi) is 2.63. The number of nitrogens with zero attached hydrogens (tertiary/aromatic N) is 1. The average Bonchev–Trinajstić information content (AvgIpc) is 3.06. The molecule has 1 aromatic rings. The van der Waals surface area contributed by atoms with Crippen molar-refractivity contribution in [2.24, 2.45) is 16.9 Å². The molecule has 0 aliphatic heterocycles. The van der Waals surface area contributed by atoms with Gasteiger partial charge in [0.1, 0.15) is 11.1 Å². The number of carbonyl (C=O) groups excluding carboxylic acids is 1. The molecule has 1 spiro atoms. The Labute approximate surface area is 121 Å². The van der Waals surface area contributed by atoms with Crippen LogP contribution in [0.4, 0.5) is 0 Å². The van der Waals surface area contributed by atoms with E-state index >= 15 is 0 Å². The highest BCUT2D eigenvalue weighted by Gasteiger charge is 2.53. The summed E-state index contributed by atoms with van der Waals surface area (Å²) in [7, 11) is 0. The van der Waals surface area contributed by atoms with E-state index in [-0.39, 0.29) is 6.10 Å². The van der Waals surface area contributed by atoms with Crippen LogP contribution in [0.15, 0.2) is 0 Å². The normalized spacial score (nSPS) is 35.5. The number of carbonyl (C=O) groups is 1. The molecule has 0 radical (unpaired) electrons. The summed E-state index contributed by atoms with van der Waals surface area (Å²) in [6.07, 6.45) is 6.80. The van der Waals surface area contributed by atoms with Gasteiger partial charge in [0, 0.05) is 12.0 Å². The summed E-state index contributed by atoms with van der Waals surface area (Å²) < 4.78 is 5.93. The molecule has 0 unspecified atom stereocenters. The Bertz CT molecular complexity index is 553. The second kappa shape index (κ2) is 4.18. The molecule has 20 heavy (non-hydrogen) atoms. The first-order chi connectivity index (χ1) is 9.55. The number of nitrogens with two attached hydrogens (primary N) is 2. The fourth-order valence-electron chi connectivity index (χ4n) is 3.60. The lowest BCUT2D eigenvalue weighted by molar-refractivity contribution is -0.0795. The minimum Gasteiger partial charge on any atom is -0.473 e. The molecule has 3 aliphatic rings. The van der Waals surface area contributed by atoms with Crippen molar-refractivity contribution in [2.75, 3.05) is 0 Å². The molecule has 1 amide bonds. The Morgan fingerprint density at radius 1 is 1.30 bits per heavy atom. The molecule has 0 aromatic carbocycles. The number of aromatic nitrogens is 1. The first kappa shape index (κ1) is 12.6. The van der Waals surface area contributed by atoms with Crippen LogP contribution in [0.1, 0.15) is 59.1 Å². The van der Waals surface area contributed by atoms with Gasteiger partial charge in [-0.2, -0.15) is 0 Å². The molecule has 4 rings (SSSR count). The van der Waals surface area contributed by atoms with Crippen molar-refractivity contribution >= 4 is 17.2 Å². The van der Waals surface area contributed by atoms with Crippen LogP contribution in [0, 0.1) is 5.41 Å². The third-order valence-electron chi connectivity index (χ3n) is 4.75. The van der Waals surface area contributed by atoms with Gasteiger partial charge in [0.25, 0.3) is 5.91 Å². The largest absolute Gasteiger partial charge is 0.473 e. The van der Waals surface area contributed by atoms with Crippen LogP contribution < -0.4 is 16.2 Å². The summed E-state index contributed by atoms with van der Waals surface area (Å²) in [5, 5.41) is 1.01. The van der Waals surface area contributed by atoms with E-state index in [1.54, 1.807) is 0 Å².